The van der Waals surface area contributed by atoms with Crippen LogP contribution in [0.1, 0.15) is 45.4 Å². The molecular weight excluding hydrogens is 222 g/mol. The van der Waals surface area contributed by atoms with E-state index in [2.05, 4.69) is 16.7 Å². The summed E-state index contributed by atoms with van der Waals surface area (Å²) in [4.78, 5) is 8.30. The monoisotopic (exact) mass is 242 g/mol. The largest absolute Gasteiger partial charge is 0.270 e. The highest BCUT2D eigenvalue weighted by Crippen LogP contribution is 2.55. The van der Waals surface area contributed by atoms with Crippen LogP contribution in [0.4, 0.5) is 8.78 Å². The Bertz CT molecular complexity index is 323. The van der Waals surface area contributed by atoms with Gasteiger partial charge in [0.05, 0.1) is 0 Å². The molecule has 2 saturated carbocycles. The third kappa shape index (κ3) is 2.72. The lowest BCUT2D eigenvalue weighted by Gasteiger charge is -2.25. The molecule has 0 radical (unpaired) electrons. The molecule has 2 nitrogen and oxygen atoms in total. The van der Waals surface area contributed by atoms with E-state index in [1.165, 1.54) is 12.8 Å². The lowest BCUT2D eigenvalue weighted by molar-refractivity contribution is 0.0157. The maximum atomic E-state index is 12.7. The molecule has 2 fully saturated rings. The van der Waals surface area contributed by atoms with E-state index in [1.54, 1.807) is 0 Å². The highest BCUT2D eigenvalue weighted by molar-refractivity contribution is 5.92. The Morgan fingerprint density at radius 3 is 2.47 bits per heavy atom. The van der Waals surface area contributed by atoms with E-state index in [4.69, 9.17) is 0 Å². The number of amidine groups is 1. The summed E-state index contributed by atoms with van der Waals surface area (Å²) in [6.07, 6.45) is 5.62. The quantitative estimate of drug-likeness (QED) is 0.530. The molecule has 0 aliphatic heterocycles. The van der Waals surface area contributed by atoms with E-state index in [-0.39, 0.29) is 18.4 Å². The molecule has 2 rings (SSSR count). The molecule has 96 valence electrons. The van der Waals surface area contributed by atoms with Gasteiger partial charge >= 0.3 is 0 Å². The van der Waals surface area contributed by atoms with Crippen molar-refractivity contribution in [3.63, 3.8) is 0 Å². The number of nitrogens with zero attached hydrogens (tertiary/aromatic N) is 2. The van der Waals surface area contributed by atoms with E-state index in [0.29, 0.717) is 0 Å². The van der Waals surface area contributed by atoms with Crippen molar-refractivity contribution in [3.8, 4) is 0 Å². The Labute approximate surface area is 101 Å². The molecule has 0 aromatic rings. The smallest absolute Gasteiger partial charge is 0.247 e. The van der Waals surface area contributed by atoms with Gasteiger partial charge in [-0.15, -0.1) is 0 Å². The zero-order valence-electron chi connectivity index (χ0n) is 10.4. The van der Waals surface area contributed by atoms with Crippen molar-refractivity contribution in [2.75, 3.05) is 6.54 Å². The van der Waals surface area contributed by atoms with Gasteiger partial charge in [0.15, 0.2) is 0 Å². The van der Waals surface area contributed by atoms with Gasteiger partial charge in [0, 0.05) is 18.4 Å². The topological polar surface area (TPSA) is 24.7 Å². The van der Waals surface area contributed by atoms with Gasteiger partial charge in [-0.25, -0.2) is 13.8 Å². The summed E-state index contributed by atoms with van der Waals surface area (Å²) >= 11 is 0. The highest BCUT2D eigenvalue weighted by atomic mass is 19.3. The molecular formula is C13H20F2N2. The summed E-state index contributed by atoms with van der Waals surface area (Å²) in [6.45, 7) is 4.65. The van der Waals surface area contributed by atoms with Crippen molar-refractivity contribution < 1.29 is 8.78 Å². The Hall–Kier alpha value is -0.800. The molecule has 0 N–H and O–H groups in total. The van der Waals surface area contributed by atoms with Crippen LogP contribution in [-0.4, -0.2) is 25.0 Å². The molecule has 0 aromatic carbocycles. The second kappa shape index (κ2) is 4.46. The van der Waals surface area contributed by atoms with Gasteiger partial charge in [-0.3, -0.25) is 4.99 Å². The van der Waals surface area contributed by atoms with E-state index in [1.807, 2.05) is 0 Å². The first-order valence-corrected chi connectivity index (χ1v) is 6.35. The standard InChI is InChI=1S/C13H20F2N2/c1-12(14,15)7-8-17-11(16-2)13-5-3-10(9-13)4-6-13/h10H,2-9H2,1H3. The Morgan fingerprint density at radius 1 is 1.41 bits per heavy atom. The molecule has 4 heteroatoms. The van der Waals surface area contributed by atoms with E-state index < -0.39 is 5.92 Å². The van der Waals surface area contributed by atoms with Crippen LogP contribution in [0.15, 0.2) is 9.98 Å². The number of halogens is 2. The Kier molecular flexibility index (Phi) is 3.32. The predicted molar refractivity (Wildman–Crippen MR) is 66.1 cm³/mol. The van der Waals surface area contributed by atoms with Crippen LogP contribution >= 0.6 is 0 Å². The van der Waals surface area contributed by atoms with Gasteiger partial charge < -0.3 is 0 Å². The normalized spacial score (nSPS) is 33.1. The SMILES string of the molecule is C=NC(=NCCC(C)(F)F)C12CCC(CC1)C2. The van der Waals surface area contributed by atoms with Crippen LogP contribution in [-0.2, 0) is 0 Å². The lowest BCUT2D eigenvalue weighted by atomic mass is 9.83. The summed E-state index contributed by atoms with van der Waals surface area (Å²) in [5.41, 5.74) is 0.0788. The number of hydrogen-bond donors (Lipinski definition) is 0. The zero-order valence-corrected chi connectivity index (χ0v) is 10.4. The second-order valence-electron chi connectivity index (χ2n) is 5.61. The van der Waals surface area contributed by atoms with Crippen molar-refractivity contribution in [3.05, 3.63) is 0 Å². The molecule has 17 heavy (non-hydrogen) atoms. The van der Waals surface area contributed by atoms with Crippen LogP contribution in [0, 0.1) is 11.3 Å². The fraction of sp³-hybridized carbons (Fsp3) is 0.846. The van der Waals surface area contributed by atoms with Gasteiger partial charge in [0.25, 0.3) is 0 Å². The van der Waals surface area contributed by atoms with Crippen molar-refractivity contribution in [1.29, 1.82) is 0 Å². The molecule has 0 unspecified atom stereocenters. The van der Waals surface area contributed by atoms with Gasteiger partial charge in [-0.05, 0) is 51.7 Å². The van der Waals surface area contributed by atoms with Crippen LogP contribution in [0.25, 0.3) is 0 Å². The van der Waals surface area contributed by atoms with Gasteiger partial charge in [0.1, 0.15) is 5.84 Å². The van der Waals surface area contributed by atoms with Crippen molar-refractivity contribution in [2.45, 2.75) is 51.4 Å². The predicted octanol–water partition coefficient (Wildman–Crippen LogP) is 3.71. The molecule has 0 aromatic heterocycles. The van der Waals surface area contributed by atoms with Crippen LogP contribution < -0.4 is 0 Å². The van der Waals surface area contributed by atoms with Gasteiger partial charge in [-0.2, -0.15) is 0 Å². The Balaban J connectivity index is 2.01. The molecule has 0 heterocycles. The maximum Gasteiger partial charge on any atom is 0.247 e. The minimum absolute atomic E-state index is 0.0788. The first-order chi connectivity index (χ1) is 7.95. The van der Waals surface area contributed by atoms with Gasteiger partial charge in [0.2, 0.25) is 5.92 Å². The van der Waals surface area contributed by atoms with E-state index in [9.17, 15) is 8.78 Å². The Morgan fingerprint density at radius 2 is 2.06 bits per heavy atom. The summed E-state index contributed by atoms with van der Waals surface area (Å²) in [5.74, 6) is -1.10. The third-order valence-corrected chi connectivity index (χ3v) is 4.18. The first kappa shape index (κ1) is 12.7. The number of fused-ring (bicyclic) bond motifs is 2. The van der Waals surface area contributed by atoms with Crippen LogP contribution in [0.3, 0.4) is 0 Å². The fourth-order valence-corrected chi connectivity index (χ4v) is 3.25. The summed E-state index contributed by atoms with van der Waals surface area (Å²) < 4.78 is 25.4. The number of aliphatic imine (C=N–C) groups is 2. The minimum atomic E-state index is -2.64. The molecule has 2 bridgehead atoms. The first-order valence-electron chi connectivity index (χ1n) is 6.35. The lowest BCUT2D eigenvalue weighted by Crippen LogP contribution is -2.25. The molecule has 0 amide bonds. The minimum Gasteiger partial charge on any atom is -0.270 e. The zero-order chi connectivity index (χ0) is 12.5. The van der Waals surface area contributed by atoms with Crippen LogP contribution in [0.5, 0.6) is 0 Å². The fourth-order valence-electron chi connectivity index (χ4n) is 3.25. The third-order valence-electron chi connectivity index (χ3n) is 4.18. The van der Waals surface area contributed by atoms with Gasteiger partial charge in [-0.1, -0.05) is 0 Å². The summed E-state index contributed by atoms with van der Waals surface area (Å²) in [7, 11) is 0. The van der Waals surface area contributed by atoms with Crippen molar-refractivity contribution >= 4 is 12.6 Å². The molecule has 0 spiro atoms. The molecule has 0 saturated heterocycles. The molecule has 0 atom stereocenters. The average molecular weight is 242 g/mol. The summed E-state index contributed by atoms with van der Waals surface area (Å²) in [5, 5.41) is 0. The summed E-state index contributed by atoms with van der Waals surface area (Å²) in [6, 6.07) is 0. The molecule has 2 aliphatic rings. The number of hydrogen-bond acceptors (Lipinski definition) is 1. The maximum absolute atomic E-state index is 12.7. The molecule has 2 aliphatic carbocycles. The second-order valence-corrected chi connectivity index (χ2v) is 5.61. The van der Waals surface area contributed by atoms with E-state index in [0.717, 1.165) is 37.9 Å². The van der Waals surface area contributed by atoms with Crippen LogP contribution in [0.2, 0.25) is 0 Å². The number of alkyl halides is 2. The average Bonchev–Trinajstić information content (AvgIpc) is 2.83. The van der Waals surface area contributed by atoms with Crippen molar-refractivity contribution in [1.82, 2.24) is 0 Å². The van der Waals surface area contributed by atoms with Crippen molar-refractivity contribution in [2.24, 2.45) is 21.3 Å². The number of rotatable bonds is 4. The highest BCUT2D eigenvalue weighted by Gasteiger charge is 2.48. The van der Waals surface area contributed by atoms with E-state index >= 15 is 0 Å².